The van der Waals surface area contributed by atoms with Crippen LogP contribution in [0.25, 0.3) is 38.8 Å². The minimum atomic E-state index is -0.200. The van der Waals surface area contributed by atoms with Crippen molar-refractivity contribution in [3.05, 3.63) is 166 Å². The van der Waals surface area contributed by atoms with E-state index < -0.39 is 0 Å². The summed E-state index contributed by atoms with van der Waals surface area (Å²) in [4.78, 5) is 24.2. The lowest BCUT2D eigenvalue weighted by Crippen LogP contribution is -2.27. The number of thiocarbonyl (C=S) groups is 1. The molecule has 1 aromatic heterocycles. The highest BCUT2D eigenvalue weighted by Gasteiger charge is 2.44. The van der Waals surface area contributed by atoms with Crippen LogP contribution in [0.4, 0.5) is 17.1 Å². The van der Waals surface area contributed by atoms with Gasteiger partial charge in [0.15, 0.2) is 4.32 Å². The van der Waals surface area contributed by atoms with Crippen molar-refractivity contribution in [2.45, 2.75) is 122 Å². The zero-order chi connectivity index (χ0) is 47.4. The van der Waals surface area contributed by atoms with Gasteiger partial charge in [-0.25, -0.2) is 4.89 Å². The Morgan fingerprint density at radius 2 is 1.15 bits per heavy atom. The second-order valence-electron chi connectivity index (χ2n) is 18.9. The summed E-state index contributed by atoms with van der Waals surface area (Å²) in [5.74, 6) is -0.200. The lowest BCUT2D eigenvalue weighted by molar-refractivity contribution is -0.241. The number of hydrogen-bond donors (Lipinski definition) is 1. The third-order valence-electron chi connectivity index (χ3n) is 14.7. The molecule has 1 N–H and O–H groups in total. The Bertz CT molecular complexity index is 2720. The molecular formula is C60H64N2O3S3. The van der Waals surface area contributed by atoms with Gasteiger partial charge in [0, 0.05) is 49.8 Å². The molecule has 0 saturated carbocycles. The van der Waals surface area contributed by atoms with Crippen LogP contribution in [0.15, 0.2) is 139 Å². The van der Waals surface area contributed by atoms with E-state index in [-0.39, 0.29) is 23.3 Å². The summed E-state index contributed by atoms with van der Waals surface area (Å²) in [6.07, 6.45) is 16.2. The summed E-state index contributed by atoms with van der Waals surface area (Å²) in [5.41, 5.74) is 16.5. The molecule has 1 aliphatic heterocycles. The van der Waals surface area contributed by atoms with Crippen molar-refractivity contribution < 1.29 is 14.9 Å². The van der Waals surface area contributed by atoms with Crippen molar-refractivity contribution in [3.8, 4) is 32.7 Å². The highest BCUT2D eigenvalue weighted by atomic mass is 32.2. The lowest BCUT2D eigenvalue weighted by atomic mass is 9.70. The molecule has 1 fully saturated rings. The van der Waals surface area contributed by atoms with Gasteiger partial charge in [-0.1, -0.05) is 182 Å². The number of rotatable bonds is 21. The van der Waals surface area contributed by atoms with Crippen molar-refractivity contribution in [3.63, 3.8) is 0 Å². The number of fused-ring (bicyclic) bond motifs is 6. The second kappa shape index (κ2) is 20.9. The van der Waals surface area contributed by atoms with E-state index in [1.165, 1.54) is 124 Å². The fraction of sp³-hybridized carbons (Fsp3) is 0.333. The van der Waals surface area contributed by atoms with Crippen LogP contribution in [0.2, 0.25) is 0 Å². The topological polar surface area (TPSA) is 53.0 Å². The molecule has 350 valence electrons. The van der Waals surface area contributed by atoms with Gasteiger partial charge in [0.2, 0.25) is 0 Å². The Morgan fingerprint density at radius 3 is 1.65 bits per heavy atom. The molecule has 0 spiro atoms. The number of unbranched alkanes of at least 4 members (excludes halogenated alkanes) is 4. The Kier molecular flexibility index (Phi) is 14.7. The first kappa shape index (κ1) is 48.0. The highest BCUT2D eigenvalue weighted by molar-refractivity contribution is 8.26. The zero-order valence-corrected chi connectivity index (χ0v) is 42.6. The molecule has 2 heterocycles. The van der Waals surface area contributed by atoms with E-state index in [4.69, 9.17) is 17.5 Å². The lowest BCUT2D eigenvalue weighted by Gasteiger charge is -2.35. The van der Waals surface area contributed by atoms with Gasteiger partial charge >= 0.3 is 0 Å². The molecule has 5 nitrogen and oxygen atoms in total. The van der Waals surface area contributed by atoms with Crippen molar-refractivity contribution in [2.75, 3.05) is 11.5 Å². The number of amides is 1. The SMILES string of the molecule is C=C(CCOO)N1C(=O)/C(=C\c2ccc(-c3ccc(N(c4ccc5c(c4)C(CCCC)(CCCC)c4ccccc4-5)c4ccc5c(c4)C(CCCC)(CCCC)c4ccccc4-5)cc3)s2)SC1=S. The molecule has 1 saturated heterocycles. The number of carbonyl (C=O) groups is 1. The molecule has 9 rings (SSSR count). The van der Waals surface area contributed by atoms with E-state index in [2.05, 4.69) is 165 Å². The van der Waals surface area contributed by atoms with Gasteiger partial charge in [-0.05, 0) is 130 Å². The van der Waals surface area contributed by atoms with E-state index in [9.17, 15) is 4.79 Å². The van der Waals surface area contributed by atoms with E-state index in [0.717, 1.165) is 46.7 Å². The van der Waals surface area contributed by atoms with E-state index in [1.54, 1.807) is 11.3 Å². The molecule has 0 atom stereocenters. The molecule has 2 aliphatic carbocycles. The maximum atomic E-state index is 13.4. The largest absolute Gasteiger partial charge is 0.310 e. The Morgan fingerprint density at radius 1 is 0.662 bits per heavy atom. The van der Waals surface area contributed by atoms with Gasteiger partial charge in [-0.15, -0.1) is 11.3 Å². The fourth-order valence-corrected chi connectivity index (χ4v) is 13.7. The minimum Gasteiger partial charge on any atom is -0.310 e. The molecule has 6 aromatic rings. The number of carbonyl (C=O) groups excluding carboxylic acids is 1. The van der Waals surface area contributed by atoms with Gasteiger partial charge < -0.3 is 4.90 Å². The van der Waals surface area contributed by atoms with E-state index >= 15 is 0 Å². The Balaban J connectivity index is 1.14. The van der Waals surface area contributed by atoms with Crippen LogP contribution in [0.5, 0.6) is 0 Å². The molecule has 1 amide bonds. The van der Waals surface area contributed by atoms with E-state index in [1.807, 2.05) is 6.08 Å². The monoisotopic (exact) mass is 956 g/mol. The smallest absolute Gasteiger partial charge is 0.270 e. The van der Waals surface area contributed by atoms with Crippen LogP contribution in [0.3, 0.4) is 0 Å². The number of nitrogens with zero attached hydrogens (tertiary/aromatic N) is 2. The summed E-state index contributed by atoms with van der Waals surface area (Å²) in [5, 5.41) is 8.83. The third-order valence-corrected chi connectivity index (χ3v) is 17.1. The van der Waals surface area contributed by atoms with Crippen LogP contribution < -0.4 is 4.90 Å². The van der Waals surface area contributed by atoms with Crippen LogP contribution in [0, 0.1) is 0 Å². The van der Waals surface area contributed by atoms with Gasteiger partial charge in [0.25, 0.3) is 5.91 Å². The van der Waals surface area contributed by atoms with Gasteiger partial charge in [0.1, 0.15) is 0 Å². The number of hydrogen-bond acceptors (Lipinski definition) is 7. The molecular weight excluding hydrogens is 893 g/mol. The van der Waals surface area contributed by atoms with Crippen molar-refractivity contribution in [1.29, 1.82) is 0 Å². The zero-order valence-electron chi connectivity index (χ0n) is 40.1. The maximum Gasteiger partial charge on any atom is 0.270 e. The van der Waals surface area contributed by atoms with Crippen LogP contribution in [-0.2, 0) is 20.5 Å². The van der Waals surface area contributed by atoms with Crippen molar-refractivity contribution >= 4 is 68.7 Å². The number of thiophene rings is 1. The summed E-state index contributed by atoms with van der Waals surface area (Å²) in [7, 11) is 0. The van der Waals surface area contributed by atoms with Gasteiger partial charge in [-0.3, -0.25) is 15.0 Å². The Labute approximate surface area is 417 Å². The number of thioether (sulfide) groups is 1. The normalized spacial score (nSPS) is 15.7. The summed E-state index contributed by atoms with van der Waals surface area (Å²) in [6, 6.07) is 46.4. The predicted octanol–water partition coefficient (Wildman–Crippen LogP) is 17.8. The first-order valence-electron chi connectivity index (χ1n) is 24.9. The van der Waals surface area contributed by atoms with Crippen LogP contribution in [0.1, 0.15) is 138 Å². The standard InChI is InChI=1S/C60H64N2O3S3/c1-6-10-33-59(34-11-7-2)51-20-16-14-18-47(51)49-29-26-44(38-53(49)59)62(45-27-30-50-48-19-15-17-21-52(48)60(35-12-8-3,36-13-9-4)54(50)39-45)43-24-22-42(23-25-43)55-31-28-46(67-55)40-56-57(63)61(58(66)68-56)41(5)32-37-65-64/h14-31,38-40,64H,5-13,32-37H2,1-4H3/b56-40+. The van der Waals surface area contributed by atoms with Crippen molar-refractivity contribution in [2.24, 2.45) is 0 Å². The third kappa shape index (κ3) is 8.77. The van der Waals surface area contributed by atoms with Gasteiger partial charge in [-0.2, -0.15) is 0 Å². The average molecular weight is 957 g/mol. The number of benzene rings is 5. The molecule has 5 aromatic carbocycles. The summed E-state index contributed by atoms with van der Waals surface area (Å²) in [6.45, 7) is 13.4. The molecule has 68 heavy (non-hydrogen) atoms. The first-order valence-corrected chi connectivity index (χ1v) is 27.0. The second-order valence-corrected chi connectivity index (χ2v) is 21.7. The molecule has 8 heteroatoms. The minimum absolute atomic E-state index is 0.0294. The quantitative estimate of drug-likeness (QED) is 0.0336. The predicted molar refractivity (Wildman–Crippen MR) is 292 cm³/mol. The maximum absolute atomic E-state index is 13.4. The van der Waals surface area contributed by atoms with Crippen molar-refractivity contribution in [1.82, 2.24) is 4.90 Å². The molecule has 3 aliphatic rings. The molecule has 0 bridgehead atoms. The summed E-state index contributed by atoms with van der Waals surface area (Å²) < 4.78 is 0.433. The fourth-order valence-electron chi connectivity index (χ4n) is 11.4. The van der Waals surface area contributed by atoms with Gasteiger partial charge in [0.05, 0.1) is 11.5 Å². The molecule has 0 unspecified atom stereocenters. The van der Waals surface area contributed by atoms with Crippen LogP contribution >= 0.6 is 35.3 Å². The first-order chi connectivity index (χ1) is 33.2. The number of anilines is 3. The molecule has 0 radical (unpaired) electrons. The van der Waals surface area contributed by atoms with E-state index in [0.29, 0.717) is 21.3 Å². The average Bonchev–Trinajstić information content (AvgIpc) is 4.10. The highest BCUT2D eigenvalue weighted by Crippen LogP contribution is 2.58. The van der Waals surface area contributed by atoms with Crippen LogP contribution in [-0.4, -0.2) is 27.0 Å². The Hall–Kier alpha value is -5.09. The summed E-state index contributed by atoms with van der Waals surface area (Å²) >= 11 is 8.48.